The Labute approximate surface area is 156 Å². The summed E-state index contributed by atoms with van der Waals surface area (Å²) in [6, 6.07) is 15.5. The van der Waals surface area contributed by atoms with Crippen LogP contribution in [-0.2, 0) is 4.74 Å². The van der Waals surface area contributed by atoms with Crippen molar-refractivity contribution in [2.75, 3.05) is 31.2 Å². The average Bonchev–Trinajstić information content (AvgIpc) is 2.72. The fourth-order valence-corrected chi connectivity index (χ4v) is 2.96. The van der Waals surface area contributed by atoms with Crippen molar-refractivity contribution in [3.05, 3.63) is 69.3 Å². The molecule has 0 bridgehead atoms. The van der Waals surface area contributed by atoms with Crippen LogP contribution in [0.4, 0.5) is 11.4 Å². The zero-order valence-electron chi connectivity index (χ0n) is 14.5. The number of rotatable bonds is 4. The van der Waals surface area contributed by atoms with E-state index in [1.807, 2.05) is 6.07 Å². The number of hydrogen-bond acceptors (Lipinski definition) is 6. The molecule has 1 fully saturated rings. The fraction of sp³-hybridized carbons (Fsp3) is 0.200. The first-order chi connectivity index (χ1) is 13.1. The molecule has 0 radical (unpaired) electrons. The highest BCUT2D eigenvalue weighted by molar-refractivity contribution is 5.92. The number of hydrogen-bond donors (Lipinski definition) is 0. The largest absolute Gasteiger partial charge is 0.378 e. The van der Waals surface area contributed by atoms with Gasteiger partial charge in [-0.2, -0.15) is 10.5 Å². The Bertz CT molecular complexity index is 979. The van der Waals surface area contributed by atoms with Gasteiger partial charge in [0.1, 0.15) is 0 Å². The van der Waals surface area contributed by atoms with Crippen molar-refractivity contribution in [1.29, 1.82) is 10.5 Å². The molecule has 0 N–H and O–H groups in total. The summed E-state index contributed by atoms with van der Waals surface area (Å²) in [5, 5.41) is 29.9. The van der Waals surface area contributed by atoms with Crippen LogP contribution in [0.2, 0.25) is 0 Å². The van der Waals surface area contributed by atoms with E-state index in [1.54, 1.807) is 36.4 Å². The van der Waals surface area contributed by atoms with Crippen LogP contribution >= 0.6 is 0 Å². The number of benzene rings is 2. The Kier molecular flexibility index (Phi) is 5.46. The van der Waals surface area contributed by atoms with Gasteiger partial charge in [-0.25, -0.2) is 0 Å². The first kappa shape index (κ1) is 18.1. The minimum atomic E-state index is -0.456. The fourth-order valence-electron chi connectivity index (χ4n) is 2.96. The minimum absolute atomic E-state index is 0.0404. The first-order valence-electron chi connectivity index (χ1n) is 8.36. The van der Waals surface area contributed by atoms with E-state index in [4.69, 9.17) is 10.00 Å². The number of nitriles is 2. The number of nitro benzene ring substituents is 1. The van der Waals surface area contributed by atoms with Gasteiger partial charge in [-0.15, -0.1) is 0 Å². The lowest BCUT2D eigenvalue weighted by atomic mass is 10.0. The maximum absolute atomic E-state index is 11.2. The van der Waals surface area contributed by atoms with Crippen molar-refractivity contribution in [1.82, 2.24) is 0 Å². The smallest absolute Gasteiger partial charge is 0.270 e. The van der Waals surface area contributed by atoms with Gasteiger partial charge in [0, 0.05) is 36.5 Å². The van der Waals surface area contributed by atoms with Gasteiger partial charge in [-0.1, -0.05) is 12.1 Å². The molecule has 27 heavy (non-hydrogen) atoms. The quantitative estimate of drug-likeness (QED) is 0.358. The lowest BCUT2D eigenvalue weighted by Gasteiger charge is -2.30. The van der Waals surface area contributed by atoms with Gasteiger partial charge in [-0.3, -0.25) is 10.1 Å². The van der Waals surface area contributed by atoms with E-state index in [-0.39, 0.29) is 5.69 Å². The molecule has 2 aromatic carbocycles. The summed E-state index contributed by atoms with van der Waals surface area (Å²) in [6.45, 7) is 2.50. The molecule has 134 valence electrons. The standard InChI is InChI=1S/C20H16N4O3/c21-13-15-2-1-3-16(10-15)18(14-22)11-17-12-19(24(25)26)4-5-20(17)23-6-8-27-9-7-23/h1-5,10-12H,6-9H2/b18-11-. The maximum atomic E-state index is 11.2. The van der Waals surface area contributed by atoms with E-state index in [2.05, 4.69) is 11.0 Å². The maximum Gasteiger partial charge on any atom is 0.270 e. The van der Waals surface area contributed by atoms with Gasteiger partial charge in [0.15, 0.2) is 0 Å². The summed E-state index contributed by atoms with van der Waals surface area (Å²) in [4.78, 5) is 12.8. The van der Waals surface area contributed by atoms with Crippen molar-refractivity contribution < 1.29 is 9.66 Å². The average molecular weight is 360 g/mol. The molecular formula is C20H16N4O3. The summed E-state index contributed by atoms with van der Waals surface area (Å²) in [6.07, 6.45) is 1.63. The van der Waals surface area contributed by atoms with Gasteiger partial charge in [0.05, 0.1) is 41.4 Å². The van der Waals surface area contributed by atoms with Crippen LogP contribution in [0.5, 0.6) is 0 Å². The summed E-state index contributed by atoms with van der Waals surface area (Å²) in [5.74, 6) is 0. The SMILES string of the molecule is N#C/C(=C/c1cc([N+](=O)[O-])ccc1N1CCOCC1)c1cccc(C#N)c1. The van der Waals surface area contributed by atoms with Crippen LogP contribution in [0, 0.1) is 32.8 Å². The predicted molar refractivity (Wildman–Crippen MR) is 101 cm³/mol. The van der Waals surface area contributed by atoms with Gasteiger partial charge in [0.25, 0.3) is 5.69 Å². The van der Waals surface area contributed by atoms with E-state index in [0.717, 1.165) is 5.69 Å². The molecule has 3 rings (SSSR count). The lowest BCUT2D eigenvalue weighted by molar-refractivity contribution is -0.384. The normalized spacial score (nSPS) is 14.3. The molecule has 0 saturated carbocycles. The van der Waals surface area contributed by atoms with Crippen LogP contribution in [0.1, 0.15) is 16.7 Å². The van der Waals surface area contributed by atoms with E-state index < -0.39 is 4.92 Å². The van der Waals surface area contributed by atoms with Gasteiger partial charge in [0.2, 0.25) is 0 Å². The number of nitrogens with zero attached hydrogens (tertiary/aromatic N) is 4. The molecule has 0 unspecified atom stereocenters. The molecule has 0 spiro atoms. The van der Waals surface area contributed by atoms with Crippen molar-refractivity contribution in [2.24, 2.45) is 0 Å². The van der Waals surface area contributed by atoms with Crippen molar-refractivity contribution in [2.45, 2.75) is 0 Å². The molecule has 1 aliphatic rings. The summed E-state index contributed by atoms with van der Waals surface area (Å²) < 4.78 is 5.37. The Hall–Kier alpha value is -3.68. The van der Waals surface area contributed by atoms with Crippen LogP contribution in [-0.4, -0.2) is 31.2 Å². The van der Waals surface area contributed by atoms with Crippen molar-refractivity contribution >= 4 is 23.0 Å². The lowest BCUT2D eigenvalue weighted by Crippen LogP contribution is -2.36. The van der Waals surface area contributed by atoms with Gasteiger partial charge in [-0.05, 0) is 29.8 Å². The molecule has 1 heterocycles. The highest BCUT2D eigenvalue weighted by Gasteiger charge is 2.18. The number of nitro groups is 1. The van der Waals surface area contributed by atoms with Gasteiger partial charge >= 0.3 is 0 Å². The van der Waals surface area contributed by atoms with Crippen LogP contribution in [0.3, 0.4) is 0 Å². The monoisotopic (exact) mass is 360 g/mol. The second kappa shape index (κ2) is 8.13. The predicted octanol–water partition coefficient (Wildman–Crippen LogP) is 3.37. The molecule has 0 aliphatic carbocycles. The Morgan fingerprint density at radius 3 is 2.63 bits per heavy atom. The highest BCUT2D eigenvalue weighted by atomic mass is 16.6. The summed E-state index contributed by atoms with van der Waals surface area (Å²) >= 11 is 0. The molecule has 0 atom stereocenters. The molecule has 1 aliphatic heterocycles. The second-order valence-electron chi connectivity index (χ2n) is 5.96. The number of allylic oxidation sites excluding steroid dienone is 1. The molecule has 0 aromatic heterocycles. The highest BCUT2D eigenvalue weighted by Crippen LogP contribution is 2.30. The molecule has 2 aromatic rings. The van der Waals surface area contributed by atoms with Crippen molar-refractivity contribution in [3.8, 4) is 12.1 Å². The number of morpholine rings is 1. The third-order valence-corrected chi connectivity index (χ3v) is 4.30. The Balaban J connectivity index is 2.10. The topological polar surface area (TPSA) is 103 Å². The third kappa shape index (κ3) is 4.12. The zero-order chi connectivity index (χ0) is 19.2. The Morgan fingerprint density at radius 2 is 1.96 bits per heavy atom. The summed E-state index contributed by atoms with van der Waals surface area (Å²) in [7, 11) is 0. The van der Waals surface area contributed by atoms with Gasteiger partial charge < -0.3 is 9.64 Å². The van der Waals surface area contributed by atoms with E-state index in [0.29, 0.717) is 48.6 Å². The number of non-ortho nitro benzene ring substituents is 1. The van der Waals surface area contributed by atoms with Crippen LogP contribution in [0.15, 0.2) is 42.5 Å². The van der Waals surface area contributed by atoms with E-state index in [9.17, 15) is 15.4 Å². The van der Waals surface area contributed by atoms with Crippen molar-refractivity contribution in [3.63, 3.8) is 0 Å². The summed E-state index contributed by atoms with van der Waals surface area (Å²) in [5.41, 5.74) is 2.73. The van der Waals surface area contributed by atoms with E-state index >= 15 is 0 Å². The minimum Gasteiger partial charge on any atom is -0.378 e. The molecule has 1 saturated heterocycles. The molecule has 0 amide bonds. The van der Waals surface area contributed by atoms with Crippen LogP contribution < -0.4 is 4.90 Å². The third-order valence-electron chi connectivity index (χ3n) is 4.30. The zero-order valence-corrected chi connectivity index (χ0v) is 14.5. The first-order valence-corrected chi connectivity index (χ1v) is 8.36. The number of ether oxygens (including phenoxy) is 1. The second-order valence-corrected chi connectivity index (χ2v) is 5.96. The van der Waals surface area contributed by atoms with E-state index in [1.165, 1.54) is 12.1 Å². The number of anilines is 1. The molecular weight excluding hydrogens is 344 g/mol. The Morgan fingerprint density at radius 1 is 1.19 bits per heavy atom. The molecule has 7 heteroatoms. The van der Waals surface area contributed by atoms with Crippen LogP contribution in [0.25, 0.3) is 11.6 Å². The molecule has 7 nitrogen and oxygen atoms in total.